The number of hydrogen-bond donors (Lipinski definition) is 0. The molecule has 0 unspecified atom stereocenters. The molecule has 9 nitrogen and oxygen atoms in total. The van der Waals surface area contributed by atoms with Gasteiger partial charge in [0, 0.05) is 38.8 Å². The van der Waals surface area contributed by atoms with Crippen LogP contribution in [-0.4, -0.2) is 64.8 Å². The van der Waals surface area contributed by atoms with Crippen LogP contribution in [0.3, 0.4) is 0 Å². The number of ether oxygens (including phenoxy) is 2. The Morgan fingerprint density at radius 1 is 1.03 bits per heavy atom. The number of imidazole rings is 1. The largest absolute Gasteiger partial charge is 0.497 e. The van der Waals surface area contributed by atoms with E-state index in [1.54, 1.807) is 20.4 Å². The van der Waals surface area contributed by atoms with Gasteiger partial charge in [0.1, 0.15) is 28.9 Å². The number of anilines is 1. The van der Waals surface area contributed by atoms with E-state index in [0.29, 0.717) is 5.92 Å². The fourth-order valence-corrected chi connectivity index (χ4v) is 5.35. The number of hydrogen-bond acceptors (Lipinski definition) is 8. The predicted octanol–water partition coefficient (Wildman–Crippen LogP) is 3.62. The molecule has 0 spiro atoms. The highest BCUT2D eigenvalue weighted by Crippen LogP contribution is 2.33. The van der Waals surface area contributed by atoms with Crippen LogP contribution in [0.2, 0.25) is 0 Å². The first kappa shape index (κ1) is 23.4. The van der Waals surface area contributed by atoms with Crippen LogP contribution in [-0.2, 0) is 13.1 Å². The molecule has 0 bridgehead atoms. The monoisotopic (exact) mass is 475 g/mol. The molecule has 0 amide bonds. The lowest BCUT2D eigenvalue weighted by Crippen LogP contribution is -2.46. The second kappa shape index (κ2) is 10.5. The second-order valence-corrected chi connectivity index (χ2v) is 9.46. The Morgan fingerprint density at radius 2 is 1.83 bits per heavy atom. The van der Waals surface area contributed by atoms with Crippen molar-refractivity contribution < 1.29 is 9.47 Å². The van der Waals surface area contributed by atoms with Gasteiger partial charge in [-0.05, 0) is 30.9 Å². The van der Waals surface area contributed by atoms with Crippen LogP contribution in [0.25, 0.3) is 11.2 Å². The summed E-state index contributed by atoms with van der Waals surface area (Å²) >= 11 is 0. The zero-order chi connectivity index (χ0) is 24.2. The average Bonchev–Trinajstić information content (AvgIpc) is 3.25. The molecule has 1 saturated heterocycles. The van der Waals surface area contributed by atoms with Crippen LogP contribution in [0.4, 0.5) is 5.69 Å². The lowest BCUT2D eigenvalue weighted by molar-refractivity contribution is 0.236. The highest BCUT2D eigenvalue weighted by Gasteiger charge is 2.24. The summed E-state index contributed by atoms with van der Waals surface area (Å²) in [6.07, 6.45) is 8.10. The van der Waals surface area contributed by atoms with Crippen LogP contribution >= 0.6 is 0 Å². The molecule has 9 heteroatoms. The molecular formula is C26H33N7O2. The quantitative estimate of drug-likeness (QED) is 0.512. The maximum Gasteiger partial charge on any atom is 0.234 e. The Balaban J connectivity index is 1.33. The van der Waals surface area contributed by atoms with E-state index in [4.69, 9.17) is 14.5 Å². The van der Waals surface area contributed by atoms with Crippen LogP contribution in [0.15, 0.2) is 24.4 Å². The smallest absolute Gasteiger partial charge is 0.234 e. The summed E-state index contributed by atoms with van der Waals surface area (Å²) in [4.78, 5) is 18.4. The summed E-state index contributed by atoms with van der Waals surface area (Å²) < 4.78 is 13.2. The number of nitrogens with zero attached hydrogens (tertiary/aromatic N) is 7. The van der Waals surface area contributed by atoms with Crippen LogP contribution in [0, 0.1) is 17.2 Å². The van der Waals surface area contributed by atoms with E-state index in [1.165, 1.54) is 32.1 Å². The molecule has 184 valence electrons. The Labute approximate surface area is 206 Å². The highest BCUT2D eigenvalue weighted by molar-refractivity contribution is 5.70. The van der Waals surface area contributed by atoms with Gasteiger partial charge in [0.15, 0.2) is 5.65 Å². The summed E-state index contributed by atoms with van der Waals surface area (Å²) in [6, 6.07) is 8.07. The molecule has 35 heavy (non-hydrogen) atoms. The van der Waals surface area contributed by atoms with Gasteiger partial charge in [-0.25, -0.2) is 9.97 Å². The Morgan fingerprint density at radius 3 is 2.54 bits per heavy atom. The number of aromatic nitrogens is 4. The maximum absolute atomic E-state index is 9.33. The van der Waals surface area contributed by atoms with Gasteiger partial charge in [0.2, 0.25) is 5.82 Å². The SMILES string of the molecule is COc1ccc(N2CCN(Cc3nc4cnc(C#N)nc4n3CC3CCCCC3)CC2)c(OC)c1. The second-order valence-electron chi connectivity index (χ2n) is 9.46. The first-order chi connectivity index (χ1) is 17.2. The predicted molar refractivity (Wildman–Crippen MR) is 134 cm³/mol. The molecule has 1 aliphatic heterocycles. The molecule has 2 aliphatic rings. The van der Waals surface area contributed by atoms with Crippen molar-refractivity contribution >= 4 is 16.9 Å². The zero-order valence-electron chi connectivity index (χ0n) is 20.6. The summed E-state index contributed by atoms with van der Waals surface area (Å²) in [5, 5.41) is 9.33. The Hall–Kier alpha value is -3.38. The van der Waals surface area contributed by atoms with Crippen LogP contribution in [0.1, 0.15) is 43.8 Å². The molecular weight excluding hydrogens is 442 g/mol. The lowest BCUT2D eigenvalue weighted by atomic mass is 9.89. The van der Waals surface area contributed by atoms with E-state index in [2.05, 4.69) is 36.5 Å². The molecule has 0 N–H and O–H groups in total. The van der Waals surface area contributed by atoms with Crippen molar-refractivity contribution in [2.24, 2.45) is 5.92 Å². The molecule has 0 atom stereocenters. The molecule has 1 aliphatic carbocycles. The van der Waals surface area contributed by atoms with Crippen molar-refractivity contribution in [3.63, 3.8) is 0 Å². The number of fused-ring (bicyclic) bond motifs is 1. The number of piperazine rings is 1. The van der Waals surface area contributed by atoms with Crippen molar-refractivity contribution in [2.75, 3.05) is 45.3 Å². The minimum atomic E-state index is 0.205. The van der Waals surface area contributed by atoms with Gasteiger partial charge in [-0.3, -0.25) is 4.90 Å². The normalized spacial score (nSPS) is 17.5. The first-order valence-electron chi connectivity index (χ1n) is 12.5. The fourth-order valence-electron chi connectivity index (χ4n) is 5.35. The van der Waals surface area contributed by atoms with E-state index in [9.17, 15) is 5.26 Å². The molecule has 3 heterocycles. The first-order valence-corrected chi connectivity index (χ1v) is 12.5. The molecule has 2 fully saturated rings. The summed E-state index contributed by atoms with van der Waals surface area (Å²) in [5.74, 6) is 3.49. The highest BCUT2D eigenvalue weighted by atomic mass is 16.5. The van der Waals surface area contributed by atoms with E-state index >= 15 is 0 Å². The van der Waals surface area contributed by atoms with Gasteiger partial charge in [-0.1, -0.05) is 19.3 Å². The van der Waals surface area contributed by atoms with E-state index in [-0.39, 0.29) is 5.82 Å². The number of benzene rings is 1. The van der Waals surface area contributed by atoms with Crippen LogP contribution < -0.4 is 14.4 Å². The van der Waals surface area contributed by atoms with Crippen molar-refractivity contribution in [1.82, 2.24) is 24.4 Å². The van der Waals surface area contributed by atoms with Gasteiger partial charge < -0.3 is 18.9 Å². The van der Waals surface area contributed by atoms with Crippen molar-refractivity contribution in [3.05, 3.63) is 36.0 Å². The lowest BCUT2D eigenvalue weighted by Gasteiger charge is -2.36. The number of methoxy groups -OCH3 is 2. The fraction of sp³-hybridized carbons (Fsp3) is 0.538. The number of rotatable bonds is 7. The summed E-state index contributed by atoms with van der Waals surface area (Å²) in [6.45, 7) is 5.34. The third kappa shape index (κ3) is 5.03. The van der Waals surface area contributed by atoms with Gasteiger partial charge in [-0.2, -0.15) is 10.2 Å². The molecule has 0 radical (unpaired) electrons. The summed E-state index contributed by atoms with van der Waals surface area (Å²) in [5.41, 5.74) is 2.66. The topological polar surface area (TPSA) is 92.3 Å². The van der Waals surface area contributed by atoms with E-state index < -0.39 is 0 Å². The maximum atomic E-state index is 9.33. The molecule has 2 aromatic heterocycles. The van der Waals surface area contributed by atoms with Crippen molar-refractivity contribution in [1.29, 1.82) is 5.26 Å². The number of nitriles is 1. The van der Waals surface area contributed by atoms with Crippen molar-refractivity contribution in [2.45, 2.75) is 45.2 Å². The zero-order valence-corrected chi connectivity index (χ0v) is 20.6. The van der Waals surface area contributed by atoms with E-state index in [0.717, 1.165) is 73.4 Å². The average molecular weight is 476 g/mol. The Bertz CT molecular complexity index is 1200. The Kier molecular flexibility index (Phi) is 7.00. The third-order valence-electron chi connectivity index (χ3n) is 7.30. The van der Waals surface area contributed by atoms with Crippen LogP contribution in [0.5, 0.6) is 11.5 Å². The van der Waals surface area contributed by atoms with Gasteiger partial charge >= 0.3 is 0 Å². The standard InChI is InChI=1S/C26H33N7O2/c1-34-20-8-9-22(23(14-20)35-2)32-12-10-31(11-13-32)18-25-29-21-16-28-24(15-27)30-26(21)33(25)17-19-6-4-3-5-7-19/h8-9,14,16,19H,3-7,10-13,17-18H2,1-2H3. The molecule has 5 rings (SSSR count). The van der Waals surface area contributed by atoms with Crippen molar-refractivity contribution in [3.8, 4) is 17.6 Å². The van der Waals surface area contributed by atoms with Gasteiger partial charge in [0.25, 0.3) is 0 Å². The summed E-state index contributed by atoms with van der Waals surface area (Å²) in [7, 11) is 3.37. The minimum Gasteiger partial charge on any atom is -0.497 e. The molecule has 3 aromatic rings. The molecule has 1 saturated carbocycles. The van der Waals surface area contributed by atoms with Gasteiger partial charge in [0.05, 0.1) is 32.6 Å². The van der Waals surface area contributed by atoms with E-state index in [1.807, 2.05) is 12.1 Å². The third-order valence-corrected chi connectivity index (χ3v) is 7.30. The molecule has 1 aromatic carbocycles. The van der Waals surface area contributed by atoms with Gasteiger partial charge in [-0.15, -0.1) is 0 Å². The minimum absolute atomic E-state index is 0.205.